The molecular formula is C20H21BrF3N3O3S. The van der Waals surface area contributed by atoms with Gasteiger partial charge in [-0.15, -0.1) is 0 Å². The zero-order chi connectivity index (χ0) is 22.6. The molecule has 1 aliphatic rings. The van der Waals surface area contributed by atoms with Crippen molar-refractivity contribution in [2.45, 2.75) is 17.5 Å². The number of halogens is 4. The second-order valence-corrected chi connectivity index (χ2v) is 9.70. The Bertz CT molecular complexity index is 1020. The highest BCUT2D eigenvalue weighted by Gasteiger charge is 2.31. The van der Waals surface area contributed by atoms with Crippen molar-refractivity contribution in [2.24, 2.45) is 0 Å². The van der Waals surface area contributed by atoms with Crippen molar-refractivity contribution >= 4 is 37.5 Å². The molecule has 1 fully saturated rings. The van der Waals surface area contributed by atoms with Gasteiger partial charge in [0.15, 0.2) is 0 Å². The first-order valence-corrected chi connectivity index (χ1v) is 11.8. The van der Waals surface area contributed by atoms with Crippen LogP contribution in [0.5, 0.6) is 0 Å². The summed E-state index contributed by atoms with van der Waals surface area (Å²) in [5.74, 6) is -0.206. The maximum Gasteiger partial charge on any atom is 0.416 e. The first-order chi connectivity index (χ1) is 14.6. The van der Waals surface area contributed by atoms with Crippen LogP contribution in [0.4, 0.5) is 18.9 Å². The van der Waals surface area contributed by atoms with Gasteiger partial charge in [0.05, 0.1) is 10.5 Å². The number of piperazine rings is 1. The first-order valence-electron chi connectivity index (χ1n) is 9.51. The van der Waals surface area contributed by atoms with Gasteiger partial charge in [-0.2, -0.15) is 13.2 Å². The van der Waals surface area contributed by atoms with Gasteiger partial charge in [-0.3, -0.25) is 4.79 Å². The van der Waals surface area contributed by atoms with E-state index in [1.165, 1.54) is 18.2 Å². The topological polar surface area (TPSA) is 69.7 Å². The minimum absolute atomic E-state index is 0.000678. The lowest BCUT2D eigenvalue weighted by atomic mass is 10.1. The Balaban J connectivity index is 1.49. The second-order valence-electron chi connectivity index (χ2n) is 7.02. The Hall–Kier alpha value is -2.11. The van der Waals surface area contributed by atoms with Crippen LogP contribution in [0, 0.1) is 0 Å². The van der Waals surface area contributed by atoms with Crippen LogP contribution in [-0.2, 0) is 21.0 Å². The van der Waals surface area contributed by atoms with Crippen LogP contribution >= 0.6 is 15.9 Å². The number of hydrogen-bond donors (Lipinski definition) is 1. The summed E-state index contributed by atoms with van der Waals surface area (Å²) < 4.78 is 66.4. The number of rotatable bonds is 6. The molecule has 1 saturated heterocycles. The van der Waals surface area contributed by atoms with Gasteiger partial charge < -0.3 is 9.80 Å². The summed E-state index contributed by atoms with van der Waals surface area (Å²) in [5.41, 5.74) is -0.245. The number of anilines is 1. The number of sulfonamides is 1. The first kappa shape index (κ1) is 23.6. The average Bonchev–Trinajstić information content (AvgIpc) is 2.73. The average molecular weight is 520 g/mol. The van der Waals surface area contributed by atoms with Gasteiger partial charge in [0.25, 0.3) is 0 Å². The van der Waals surface area contributed by atoms with Crippen LogP contribution in [0.3, 0.4) is 0 Å². The molecule has 0 radical (unpaired) electrons. The standard InChI is InChI=1S/C20H21BrF3N3O3S/c21-16-4-6-18(7-5-16)31(29,30)25-9-8-19(28)27-12-10-26(11-13-27)17-3-1-2-15(14-17)20(22,23)24/h1-7,14,25H,8-13H2. The largest absolute Gasteiger partial charge is 0.416 e. The fraction of sp³-hybridized carbons (Fsp3) is 0.350. The number of hydrogen-bond acceptors (Lipinski definition) is 4. The molecule has 0 bridgehead atoms. The van der Waals surface area contributed by atoms with Gasteiger partial charge >= 0.3 is 6.18 Å². The van der Waals surface area contributed by atoms with Gasteiger partial charge in [-0.1, -0.05) is 22.0 Å². The van der Waals surface area contributed by atoms with Gasteiger partial charge in [0, 0.05) is 49.3 Å². The Morgan fingerprint density at radius 1 is 1.03 bits per heavy atom. The van der Waals surface area contributed by atoms with Crippen LogP contribution in [-0.4, -0.2) is 51.9 Å². The summed E-state index contributed by atoms with van der Waals surface area (Å²) >= 11 is 3.24. The molecule has 168 valence electrons. The second kappa shape index (κ2) is 9.58. The number of nitrogens with zero attached hydrogens (tertiary/aromatic N) is 2. The highest BCUT2D eigenvalue weighted by Crippen LogP contribution is 2.31. The molecule has 0 aromatic heterocycles. The fourth-order valence-electron chi connectivity index (χ4n) is 3.24. The maximum absolute atomic E-state index is 12.9. The molecule has 6 nitrogen and oxygen atoms in total. The van der Waals surface area contributed by atoms with Crippen LogP contribution in [0.1, 0.15) is 12.0 Å². The number of benzene rings is 2. The Labute approximate surface area is 187 Å². The number of carbonyl (C=O) groups excluding carboxylic acids is 1. The highest BCUT2D eigenvalue weighted by atomic mass is 79.9. The lowest BCUT2D eigenvalue weighted by Crippen LogP contribution is -2.49. The van der Waals surface area contributed by atoms with Crippen molar-refractivity contribution in [3.63, 3.8) is 0 Å². The van der Waals surface area contributed by atoms with Gasteiger partial charge in [0.1, 0.15) is 0 Å². The predicted octanol–water partition coefficient (Wildman–Crippen LogP) is 3.49. The Morgan fingerprint density at radius 2 is 1.68 bits per heavy atom. The number of alkyl halides is 3. The molecule has 3 rings (SSSR count). The lowest BCUT2D eigenvalue weighted by molar-refractivity contribution is -0.137. The molecule has 11 heteroatoms. The van der Waals surface area contributed by atoms with E-state index in [2.05, 4.69) is 20.7 Å². The molecule has 1 amide bonds. The van der Waals surface area contributed by atoms with E-state index in [4.69, 9.17) is 0 Å². The molecule has 1 heterocycles. The van der Waals surface area contributed by atoms with E-state index < -0.39 is 21.8 Å². The van der Waals surface area contributed by atoms with E-state index in [1.807, 2.05) is 0 Å². The molecule has 1 aliphatic heterocycles. The minimum Gasteiger partial charge on any atom is -0.368 e. The normalized spacial score (nSPS) is 15.2. The van der Waals surface area contributed by atoms with E-state index >= 15 is 0 Å². The van der Waals surface area contributed by atoms with Crippen molar-refractivity contribution in [1.82, 2.24) is 9.62 Å². The number of nitrogens with one attached hydrogen (secondary N) is 1. The molecule has 0 spiro atoms. The Morgan fingerprint density at radius 3 is 2.29 bits per heavy atom. The molecule has 0 aliphatic carbocycles. The van der Waals surface area contributed by atoms with Crippen molar-refractivity contribution in [1.29, 1.82) is 0 Å². The van der Waals surface area contributed by atoms with Gasteiger partial charge in [-0.25, -0.2) is 13.1 Å². The highest BCUT2D eigenvalue weighted by molar-refractivity contribution is 9.10. The van der Waals surface area contributed by atoms with Gasteiger partial charge in [0.2, 0.25) is 15.9 Å². The lowest BCUT2D eigenvalue weighted by Gasteiger charge is -2.36. The molecule has 31 heavy (non-hydrogen) atoms. The predicted molar refractivity (Wildman–Crippen MR) is 114 cm³/mol. The van der Waals surface area contributed by atoms with Gasteiger partial charge in [-0.05, 0) is 42.5 Å². The monoisotopic (exact) mass is 519 g/mol. The SMILES string of the molecule is O=C(CCNS(=O)(=O)c1ccc(Br)cc1)N1CCN(c2cccc(C(F)(F)F)c2)CC1. The summed E-state index contributed by atoms with van der Waals surface area (Å²) in [5, 5.41) is 0. The van der Waals surface area contributed by atoms with Crippen LogP contribution in [0.2, 0.25) is 0 Å². The molecule has 0 unspecified atom stereocenters. The van der Waals surface area contributed by atoms with Crippen molar-refractivity contribution in [2.75, 3.05) is 37.6 Å². The third-order valence-corrected chi connectivity index (χ3v) is 6.93. The summed E-state index contributed by atoms with van der Waals surface area (Å²) in [6.07, 6.45) is -4.41. The van der Waals surface area contributed by atoms with Crippen molar-refractivity contribution in [3.8, 4) is 0 Å². The van der Waals surface area contributed by atoms with E-state index in [1.54, 1.807) is 28.0 Å². The van der Waals surface area contributed by atoms with E-state index in [0.29, 0.717) is 31.9 Å². The molecule has 2 aromatic rings. The summed E-state index contributed by atoms with van der Waals surface area (Å²) in [6, 6.07) is 11.3. The smallest absolute Gasteiger partial charge is 0.368 e. The quantitative estimate of drug-likeness (QED) is 0.634. The van der Waals surface area contributed by atoms with E-state index in [0.717, 1.165) is 16.6 Å². The molecule has 2 aromatic carbocycles. The van der Waals surface area contributed by atoms with E-state index in [-0.39, 0.29) is 23.8 Å². The number of carbonyl (C=O) groups is 1. The number of amides is 1. The minimum atomic E-state index is -4.41. The maximum atomic E-state index is 12.9. The van der Waals surface area contributed by atoms with Crippen LogP contribution in [0.25, 0.3) is 0 Å². The summed E-state index contributed by atoms with van der Waals surface area (Å²) in [7, 11) is -3.71. The fourth-order valence-corrected chi connectivity index (χ4v) is 4.54. The third kappa shape index (κ3) is 6.20. The zero-order valence-corrected chi connectivity index (χ0v) is 18.8. The Kier molecular flexibility index (Phi) is 7.28. The summed E-state index contributed by atoms with van der Waals surface area (Å²) in [6.45, 7) is 1.48. The third-order valence-electron chi connectivity index (χ3n) is 4.93. The van der Waals surface area contributed by atoms with Crippen molar-refractivity contribution < 1.29 is 26.4 Å². The molecule has 1 N–H and O–H groups in total. The molecule has 0 atom stereocenters. The zero-order valence-electron chi connectivity index (χ0n) is 16.4. The molecule has 0 saturated carbocycles. The van der Waals surface area contributed by atoms with Crippen LogP contribution in [0.15, 0.2) is 57.9 Å². The van der Waals surface area contributed by atoms with Crippen molar-refractivity contribution in [3.05, 3.63) is 58.6 Å². The van der Waals surface area contributed by atoms with E-state index in [9.17, 15) is 26.4 Å². The van der Waals surface area contributed by atoms with Crippen LogP contribution < -0.4 is 9.62 Å². The summed E-state index contributed by atoms with van der Waals surface area (Å²) in [4.78, 5) is 15.9. The molecular weight excluding hydrogens is 499 g/mol.